The Morgan fingerprint density at radius 2 is 1.74 bits per heavy atom. The summed E-state index contributed by atoms with van der Waals surface area (Å²) in [7, 11) is 0. The first-order valence-electron chi connectivity index (χ1n) is 6.99. The Labute approximate surface area is 116 Å². The zero-order valence-corrected chi connectivity index (χ0v) is 12.9. The Morgan fingerprint density at radius 3 is 2.21 bits per heavy atom. The second kappa shape index (κ2) is 4.32. The molecule has 1 fully saturated rings. The molecular formula is C16H26N2O. The lowest BCUT2D eigenvalue weighted by molar-refractivity contribution is 0.244. The molecule has 3 nitrogen and oxygen atoms in total. The molecule has 0 amide bonds. The van der Waals surface area contributed by atoms with Gasteiger partial charge in [-0.15, -0.1) is 0 Å². The van der Waals surface area contributed by atoms with Crippen molar-refractivity contribution in [2.75, 3.05) is 11.1 Å². The fraction of sp³-hybridized carbons (Fsp3) is 0.625. The molecule has 0 radical (unpaired) electrons. The minimum absolute atomic E-state index is 0.131. The highest BCUT2D eigenvalue weighted by Crippen LogP contribution is 2.63. The molecule has 0 bridgehead atoms. The molecule has 1 aliphatic carbocycles. The van der Waals surface area contributed by atoms with Crippen LogP contribution in [0.1, 0.15) is 41.5 Å². The van der Waals surface area contributed by atoms with Crippen LogP contribution in [0.25, 0.3) is 0 Å². The van der Waals surface area contributed by atoms with Crippen molar-refractivity contribution in [2.24, 2.45) is 10.8 Å². The zero-order valence-electron chi connectivity index (χ0n) is 12.9. The molecule has 19 heavy (non-hydrogen) atoms. The smallest absolute Gasteiger partial charge is 0.144 e. The van der Waals surface area contributed by atoms with Crippen molar-refractivity contribution < 1.29 is 4.74 Å². The summed E-state index contributed by atoms with van der Waals surface area (Å²) in [5, 5.41) is 3.60. The van der Waals surface area contributed by atoms with Gasteiger partial charge in [0.15, 0.2) is 0 Å². The Balaban J connectivity index is 2.15. The maximum atomic E-state index is 5.94. The maximum absolute atomic E-state index is 5.94. The fourth-order valence-corrected chi connectivity index (χ4v) is 2.70. The molecule has 3 heteroatoms. The van der Waals surface area contributed by atoms with E-state index in [1.807, 2.05) is 32.0 Å². The van der Waals surface area contributed by atoms with Crippen LogP contribution in [-0.2, 0) is 0 Å². The first kappa shape index (κ1) is 14.0. The molecule has 1 aromatic rings. The van der Waals surface area contributed by atoms with Gasteiger partial charge in [0.05, 0.1) is 11.8 Å². The van der Waals surface area contributed by atoms with E-state index in [9.17, 15) is 0 Å². The van der Waals surface area contributed by atoms with Gasteiger partial charge in [0.1, 0.15) is 5.75 Å². The molecular weight excluding hydrogens is 236 g/mol. The molecule has 0 heterocycles. The molecule has 1 aromatic carbocycles. The zero-order chi connectivity index (χ0) is 14.4. The minimum atomic E-state index is 0.131. The third kappa shape index (κ3) is 2.38. The summed E-state index contributed by atoms with van der Waals surface area (Å²) in [6, 6.07) is 6.41. The molecule has 0 aromatic heterocycles. The van der Waals surface area contributed by atoms with Gasteiger partial charge in [0, 0.05) is 17.8 Å². The Morgan fingerprint density at radius 1 is 1.16 bits per heavy atom. The van der Waals surface area contributed by atoms with Crippen LogP contribution < -0.4 is 15.8 Å². The van der Waals surface area contributed by atoms with Gasteiger partial charge in [-0.1, -0.05) is 27.7 Å². The summed E-state index contributed by atoms with van der Waals surface area (Å²) in [5.74, 6) is 0.760. The van der Waals surface area contributed by atoms with E-state index >= 15 is 0 Å². The predicted molar refractivity (Wildman–Crippen MR) is 81.6 cm³/mol. The second-order valence-corrected chi connectivity index (χ2v) is 6.94. The first-order chi connectivity index (χ1) is 8.66. The highest BCUT2D eigenvalue weighted by molar-refractivity contribution is 5.62. The summed E-state index contributed by atoms with van der Waals surface area (Å²) >= 11 is 0. The Hall–Kier alpha value is -1.38. The molecule has 0 unspecified atom stereocenters. The van der Waals surface area contributed by atoms with Crippen molar-refractivity contribution in [3.63, 3.8) is 0 Å². The molecule has 0 aliphatic heterocycles. The van der Waals surface area contributed by atoms with Crippen LogP contribution in [-0.4, -0.2) is 12.1 Å². The van der Waals surface area contributed by atoms with Crippen LogP contribution in [0.3, 0.4) is 0 Å². The number of rotatable bonds is 4. The van der Waals surface area contributed by atoms with Crippen molar-refractivity contribution in [3.05, 3.63) is 18.2 Å². The summed E-state index contributed by atoms with van der Waals surface area (Å²) in [4.78, 5) is 0. The van der Waals surface area contributed by atoms with E-state index < -0.39 is 0 Å². The largest absolute Gasteiger partial charge is 0.489 e. The van der Waals surface area contributed by atoms with Crippen LogP contribution in [0, 0.1) is 10.8 Å². The topological polar surface area (TPSA) is 47.3 Å². The summed E-state index contributed by atoms with van der Waals surface area (Å²) in [6.45, 7) is 13.2. The fourth-order valence-electron chi connectivity index (χ4n) is 2.70. The van der Waals surface area contributed by atoms with Crippen molar-refractivity contribution in [1.82, 2.24) is 0 Å². The molecule has 1 saturated carbocycles. The maximum Gasteiger partial charge on any atom is 0.144 e. The first-order valence-corrected chi connectivity index (χ1v) is 6.99. The molecule has 1 aliphatic rings. The summed E-state index contributed by atoms with van der Waals surface area (Å²) in [6.07, 6.45) is 0.131. The average Bonchev–Trinajstić information content (AvgIpc) is 2.65. The van der Waals surface area contributed by atoms with Crippen molar-refractivity contribution in [3.8, 4) is 5.75 Å². The number of nitrogens with one attached hydrogen (secondary N) is 1. The quantitative estimate of drug-likeness (QED) is 0.809. The van der Waals surface area contributed by atoms with Crippen LogP contribution in [0.5, 0.6) is 5.75 Å². The predicted octanol–water partition coefficient (Wildman–Crippen LogP) is 3.90. The SMILES string of the molecule is CC(C)Oc1cc(NC2C(C)(C)C2(C)C)ccc1N. The number of ether oxygens (including phenoxy) is 1. The molecule has 0 saturated heterocycles. The van der Waals surface area contributed by atoms with Gasteiger partial charge in [0.2, 0.25) is 0 Å². The molecule has 0 atom stereocenters. The van der Waals surface area contributed by atoms with Gasteiger partial charge in [-0.25, -0.2) is 0 Å². The number of nitrogen functional groups attached to an aromatic ring is 1. The standard InChI is InChI=1S/C16H26N2O/c1-10(2)19-13-9-11(7-8-12(13)17)18-14-15(3,4)16(14,5)6/h7-10,14,18H,17H2,1-6H3. The van der Waals surface area contributed by atoms with E-state index in [0.29, 0.717) is 22.6 Å². The summed E-state index contributed by atoms with van der Waals surface area (Å²) in [5.41, 5.74) is 8.33. The summed E-state index contributed by atoms with van der Waals surface area (Å²) < 4.78 is 5.73. The van der Waals surface area contributed by atoms with Crippen molar-refractivity contribution in [1.29, 1.82) is 0 Å². The van der Waals surface area contributed by atoms with E-state index in [1.54, 1.807) is 0 Å². The normalized spacial score (nSPS) is 20.4. The van der Waals surface area contributed by atoms with Gasteiger partial charge >= 0.3 is 0 Å². The molecule has 0 spiro atoms. The van der Waals surface area contributed by atoms with Gasteiger partial charge in [0.25, 0.3) is 0 Å². The van der Waals surface area contributed by atoms with Gasteiger partial charge < -0.3 is 15.8 Å². The van der Waals surface area contributed by atoms with Crippen LogP contribution in [0.15, 0.2) is 18.2 Å². The minimum Gasteiger partial charge on any atom is -0.489 e. The number of hydrogen-bond acceptors (Lipinski definition) is 3. The number of hydrogen-bond donors (Lipinski definition) is 2. The van der Waals surface area contributed by atoms with Gasteiger partial charge in [-0.2, -0.15) is 0 Å². The third-order valence-corrected chi connectivity index (χ3v) is 4.71. The van der Waals surface area contributed by atoms with Gasteiger partial charge in [-0.3, -0.25) is 0 Å². The van der Waals surface area contributed by atoms with Crippen LogP contribution in [0.2, 0.25) is 0 Å². The van der Waals surface area contributed by atoms with Crippen LogP contribution >= 0.6 is 0 Å². The van der Waals surface area contributed by atoms with E-state index in [0.717, 1.165) is 11.4 Å². The second-order valence-electron chi connectivity index (χ2n) is 6.94. The van der Waals surface area contributed by atoms with E-state index in [4.69, 9.17) is 10.5 Å². The number of benzene rings is 1. The molecule has 106 valence electrons. The third-order valence-electron chi connectivity index (χ3n) is 4.71. The van der Waals surface area contributed by atoms with E-state index in [2.05, 4.69) is 33.0 Å². The highest BCUT2D eigenvalue weighted by Gasteiger charge is 2.64. The lowest BCUT2D eigenvalue weighted by Gasteiger charge is -2.15. The van der Waals surface area contributed by atoms with E-state index in [1.165, 1.54) is 0 Å². The Kier molecular flexibility index (Phi) is 3.20. The number of nitrogens with two attached hydrogens (primary N) is 1. The highest BCUT2D eigenvalue weighted by atomic mass is 16.5. The lowest BCUT2D eigenvalue weighted by Crippen LogP contribution is -2.11. The van der Waals surface area contributed by atoms with Crippen LogP contribution in [0.4, 0.5) is 11.4 Å². The number of anilines is 2. The van der Waals surface area contributed by atoms with Gasteiger partial charge in [-0.05, 0) is 36.8 Å². The average molecular weight is 262 g/mol. The van der Waals surface area contributed by atoms with Crippen molar-refractivity contribution >= 4 is 11.4 Å². The molecule has 2 rings (SSSR count). The molecule has 3 N–H and O–H groups in total. The van der Waals surface area contributed by atoms with E-state index in [-0.39, 0.29) is 6.10 Å². The monoisotopic (exact) mass is 262 g/mol. The lowest BCUT2D eigenvalue weighted by atomic mass is 10.0. The van der Waals surface area contributed by atoms with Crippen molar-refractivity contribution in [2.45, 2.75) is 53.7 Å². The Bertz CT molecular complexity index is 464.